The highest BCUT2D eigenvalue weighted by Gasteiger charge is 2.15. The number of benzene rings is 1. The van der Waals surface area contributed by atoms with E-state index >= 15 is 0 Å². The first kappa shape index (κ1) is 10.3. The zero-order valence-electron chi connectivity index (χ0n) is 6.67. The van der Waals surface area contributed by atoms with Crippen LogP contribution in [-0.4, -0.2) is 18.2 Å². The van der Waals surface area contributed by atoms with E-state index in [1.165, 1.54) is 13.2 Å². The Bertz CT molecular complexity index is 351. The second-order valence-corrected chi connectivity index (χ2v) is 3.48. The maximum atomic E-state index is 10.7. The molecule has 0 spiro atoms. The number of carbonyl (C=O) groups is 1. The Morgan fingerprint density at radius 2 is 2.23 bits per heavy atom. The van der Waals surface area contributed by atoms with E-state index in [-0.39, 0.29) is 16.3 Å². The molecule has 1 aromatic carbocycles. The van der Waals surface area contributed by atoms with Crippen LogP contribution in [-0.2, 0) is 0 Å². The van der Waals surface area contributed by atoms with Gasteiger partial charge in [-0.1, -0.05) is 11.6 Å². The lowest BCUT2D eigenvalue weighted by Gasteiger charge is -2.07. The molecule has 0 aromatic heterocycles. The van der Waals surface area contributed by atoms with Gasteiger partial charge in [0.15, 0.2) is 5.75 Å². The molecule has 0 amide bonds. The lowest BCUT2D eigenvalue weighted by atomic mass is 10.2. The van der Waals surface area contributed by atoms with Crippen molar-refractivity contribution >= 4 is 33.5 Å². The van der Waals surface area contributed by atoms with E-state index in [2.05, 4.69) is 15.9 Å². The summed E-state index contributed by atoms with van der Waals surface area (Å²) < 4.78 is 5.48. The van der Waals surface area contributed by atoms with Crippen molar-refractivity contribution in [2.75, 3.05) is 7.11 Å². The second kappa shape index (κ2) is 3.98. The van der Waals surface area contributed by atoms with Gasteiger partial charge in [0.05, 0.1) is 12.1 Å². The van der Waals surface area contributed by atoms with Crippen LogP contribution in [0.4, 0.5) is 0 Å². The molecular formula is C8H6BrClO3. The van der Waals surface area contributed by atoms with Crippen LogP contribution in [0.25, 0.3) is 0 Å². The highest BCUT2D eigenvalue weighted by molar-refractivity contribution is 9.10. The lowest BCUT2D eigenvalue weighted by molar-refractivity contribution is 0.0693. The molecule has 0 aliphatic carbocycles. The number of hydrogen-bond donors (Lipinski definition) is 1. The van der Waals surface area contributed by atoms with Gasteiger partial charge in [0.1, 0.15) is 5.56 Å². The third kappa shape index (κ3) is 1.95. The van der Waals surface area contributed by atoms with Crippen molar-refractivity contribution in [2.24, 2.45) is 0 Å². The highest BCUT2D eigenvalue weighted by atomic mass is 79.9. The van der Waals surface area contributed by atoms with Crippen LogP contribution in [0.3, 0.4) is 0 Å². The van der Waals surface area contributed by atoms with Gasteiger partial charge < -0.3 is 9.84 Å². The SMILES string of the molecule is COc1c(C(=O)O)ccc(Br)c1Cl. The molecule has 0 saturated carbocycles. The Labute approximate surface area is 88.4 Å². The molecule has 0 heterocycles. The van der Waals surface area contributed by atoms with Crippen molar-refractivity contribution in [1.82, 2.24) is 0 Å². The standard InChI is InChI=1S/C8H6BrClO3/c1-13-7-4(8(11)12)2-3-5(9)6(7)10/h2-3H,1H3,(H,11,12). The molecule has 13 heavy (non-hydrogen) atoms. The van der Waals surface area contributed by atoms with Crippen molar-refractivity contribution in [3.63, 3.8) is 0 Å². The lowest BCUT2D eigenvalue weighted by Crippen LogP contribution is -2.00. The second-order valence-electron chi connectivity index (χ2n) is 2.25. The van der Waals surface area contributed by atoms with Gasteiger partial charge in [-0.15, -0.1) is 0 Å². The van der Waals surface area contributed by atoms with Gasteiger partial charge in [-0.3, -0.25) is 0 Å². The first-order chi connectivity index (χ1) is 6.07. The summed E-state index contributed by atoms with van der Waals surface area (Å²) in [5.41, 5.74) is 0.0516. The number of carboxylic acids is 1. The quantitative estimate of drug-likeness (QED) is 0.894. The molecule has 0 fully saturated rings. The van der Waals surface area contributed by atoms with E-state index in [1.807, 2.05) is 0 Å². The average Bonchev–Trinajstić information content (AvgIpc) is 2.09. The monoisotopic (exact) mass is 264 g/mol. The van der Waals surface area contributed by atoms with Gasteiger partial charge in [0.2, 0.25) is 0 Å². The number of hydrogen-bond acceptors (Lipinski definition) is 2. The Morgan fingerprint density at radius 3 is 2.69 bits per heavy atom. The summed E-state index contributed by atoms with van der Waals surface area (Å²) in [5, 5.41) is 9.02. The molecule has 3 nitrogen and oxygen atoms in total. The number of methoxy groups -OCH3 is 1. The fourth-order valence-electron chi connectivity index (χ4n) is 0.900. The maximum Gasteiger partial charge on any atom is 0.339 e. The number of halogens is 2. The Kier molecular flexibility index (Phi) is 3.17. The Balaban J connectivity index is 3.38. The van der Waals surface area contributed by atoms with Gasteiger partial charge in [-0.25, -0.2) is 4.79 Å². The van der Waals surface area contributed by atoms with Gasteiger partial charge in [0.25, 0.3) is 0 Å². The normalized spacial score (nSPS) is 9.77. The smallest absolute Gasteiger partial charge is 0.339 e. The Hall–Kier alpha value is -0.740. The highest BCUT2D eigenvalue weighted by Crippen LogP contribution is 2.34. The summed E-state index contributed by atoms with van der Waals surface area (Å²) in [6, 6.07) is 2.99. The van der Waals surface area contributed by atoms with Gasteiger partial charge >= 0.3 is 5.97 Å². The minimum atomic E-state index is -1.06. The third-order valence-electron chi connectivity index (χ3n) is 1.48. The van der Waals surface area contributed by atoms with E-state index < -0.39 is 5.97 Å². The van der Waals surface area contributed by atoms with Gasteiger partial charge in [0, 0.05) is 4.47 Å². The molecule has 5 heteroatoms. The number of carboxylic acid groups (broad SMARTS) is 1. The minimum absolute atomic E-state index is 0.0516. The topological polar surface area (TPSA) is 46.5 Å². The molecule has 0 aliphatic heterocycles. The Morgan fingerprint density at radius 1 is 1.62 bits per heavy atom. The largest absolute Gasteiger partial charge is 0.494 e. The van der Waals surface area contributed by atoms with Crippen molar-refractivity contribution in [1.29, 1.82) is 0 Å². The summed E-state index contributed by atoms with van der Waals surface area (Å²) in [6.07, 6.45) is 0. The fourth-order valence-corrected chi connectivity index (χ4v) is 1.45. The molecular weight excluding hydrogens is 259 g/mol. The molecule has 70 valence electrons. The van der Waals surface area contributed by atoms with E-state index in [4.69, 9.17) is 21.4 Å². The molecule has 1 aromatic rings. The summed E-state index contributed by atoms with van der Waals surface area (Å²) in [7, 11) is 1.38. The number of rotatable bonds is 2. The van der Waals surface area contributed by atoms with Crippen LogP contribution < -0.4 is 4.74 Å². The predicted molar refractivity (Wildman–Crippen MR) is 52.7 cm³/mol. The van der Waals surface area contributed by atoms with Crippen LogP contribution in [0.1, 0.15) is 10.4 Å². The van der Waals surface area contributed by atoms with Crippen LogP contribution in [0.5, 0.6) is 5.75 Å². The van der Waals surface area contributed by atoms with Gasteiger partial charge in [-0.05, 0) is 28.1 Å². The summed E-state index contributed by atoms with van der Waals surface area (Å²) in [6.45, 7) is 0. The number of ether oxygens (including phenoxy) is 1. The molecule has 0 bridgehead atoms. The molecule has 0 atom stereocenters. The van der Waals surface area contributed by atoms with Crippen molar-refractivity contribution in [3.05, 3.63) is 27.2 Å². The van der Waals surface area contributed by atoms with Crippen LogP contribution in [0, 0.1) is 0 Å². The van der Waals surface area contributed by atoms with Crippen molar-refractivity contribution < 1.29 is 14.6 Å². The summed E-state index contributed by atoms with van der Waals surface area (Å²) in [5.74, 6) is -0.894. The van der Waals surface area contributed by atoms with Crippen LogP contribution in [0.2, 0.25) is 5.02 Å². The predicted octanol–water partition coefficient (Wildman–Crippen LogP) is 2.81. The first-order valence-electron chi connectivity index (χ1n) is 3.33. The summed E-state index contributed by atoms with van der Waals surface area (Å²) >= 11 is 8.97. The van der Waals surface area contributed by atoms with Crippen molar-refractivity contribution in [3.8, 4) is 5.75 Å². The molecule has 0 aliphatic rings. The van der Waals surface area contributed by atoms with E-state index in [0.717, 1.165) is 0 Å². The minimum Gasteiger partial charge on any atom is -0.494 e. The maximum absolute atomic E-state index is 10.7. The molecule has 0 unspecified atom stereocenters. The zero-order valence-corrected chi connectivity index (χ0v) is 9.02. The third-order valence-corrected chi connectivity index (χ3v) is 2.75. The van der Waals surface area contributed by atoms with E-state index in [9.17, 15) is 4.79 Å². The van der Waals surface area contributed by atoms with Crippen LogP contribution >= 0.6 is 27.5 Å². The average molecular weight is 265 g/mol. The molecule has 1 rings (SSSR count). The molecule has 0 radical (unpaired) electrons. The first-order valence-corrected chi connectivity index (χ1v) is 4.50. The number of aromatic carboxylic acids is 1. The molecule has 0 saturated heterocycles. The fraction of sp³-hybridized carbons (Fsp3) is 0.125. The van der Waals surface area contributed by atoms with E-state index in [1.54, 1.807) is 6.07 Å². The van der Waals surface area contributed by atoms with E-state index in [0.29, 0.717) is 4.47 Å². The van der Waals surface area contributed by atoms with Crippen molar-refractivity contribution in [2.45, 2.75) is 0 Å². The summed E-state index contributed by atoms with van der Waals surface area (Å²) in [4.78, 5) is 10.7. The van der Waals surface area contributed by atoms with Gasteiger partial charge in [-0.2, -0.15) is 0 Å². The molecule has 1 N–H and O–H groups in total. The van der Waals surface area contributed by atoms with Crippen LogP contribution in [0.15, 0.2) is 16.6 Å². The zero-order chi connectivity index (χ0) is 10.0.